The molecule has 19 heavy (non-hydrogen) atoms. The SMILES string of the molecule is CCS(=O)(=O)CCCOc1ccc(C(N)=S)cc1F. The maximum absolute atomic E-state index is 13.6. The molecule has 0 radical (unpaired) electrons. The molecular formula is C12H16FNO3S2. The molecule has 0 spiro atoms. The number of thiocarbonyl (C=S) groups is 1. The minimum atomic E-state index is -3.01. The zero-order valence-corrected chi connectivity index (χ0v) is 12.2. The third-order valence-electron chi connectivity index (χ3n) is 2.51. The monoisotopic (exact) mass is 305 g/mol. The van der Waals surface area contributed by atoms with E-state index in [2.05, 4.69) is 0 Å². The lowest BCUT2D eigenvalue weighted by Crippen LogP contribution is -2.12. The maximum Gasteiger partial charge on any atom is 0.165 e. The van der Waals surface area contributed by atoms with Gasteiger partial charge in [-0.25, -0.2) is 12.8 Å². The molecule has 4 nitrogen and oxygen atoms in total. The van der Waals surface area contributed by atoms with Crippen LogP contribution in [0, 0.1) is 5.82 Å². The predicted molar refractivity (Wildman–Crippen MR) is 76.7 cm³/mol. The first-order valence-electron chi connectivity index (χ1n) is 5.78. The molecule has 0 aromatic heterocycles. The van der Waals surface area contributed by atoms with Crippen LogP contribution in [0.25, 0.3) is 0 Å². The van der Waals surface area contributed by atoms with Crippen LogP contribution < -0.4 is 10.5 Å². The molecule has 0 aliphatic carbocycles. The van der Waals surface area contributed by atoms with Crippen molar-refractivity contribution in [1.82, 2.24) is 0 Å². The molecule has 0 bridgehead atoms. The van der Waals surface area contributed by atoms with Crippen molar-refractivity contribution in [3.63, 3.8) is 0 Å². The lowest BCUT2D eigenvalue weighted by molar-refractivity contribution is 0.301. The molecule has 0 fully saturated rings. The van der Waals surface area contributed by atoms with E-state index in [0.29, 0.717) is 12.0 Å². The summed E-state index contributed by atoms with van der Waals surface area (Å²) in [7, 11) is -3.01. The minimum absolute atomic E-state index is 0.0378. The first-order chi connectivity index (χ1) is 8.85. The average molecular weight is 305 g/mol. The minimum Gasteiger partial charge on any atom is -0.490 e. The Balaban J connectivity index is 2.53. The van der Waals surface area contributed by atoms with Gasteiger partial charge >= 0.3 is 0 Å². The van der Waals surface area contributed by atoms with Gasteiger partial charge in [-0.15, -0.1) is 0 Å². The van der Waals surface area contributed by atoms with Gasteiger partial charge in [0.15, 0.2) is 11.6 Å². The van der Waals surface area contributed by atoms with Crippen LogP contribution >= 0.6 is 12.2 Å². The summed E-state index contributed by atoms with van der Waals surface area (Å²) in [5, 5.41) is 0. The second kappa shape index (κ2) is 6.81. The van der Waals surface area contributed by atoms with Crippen molar-refractivity contribution in [3.05, 3.63) is 29.6 Å². The highest BCUT2D eigenvalue weighted by atomic mass is 32.2. The molecule has 0 aliphatic heterocycles. The van der Waals surface area contributed by atoms with E-state index in [-0.39, 0.29) is 28.9 Å². The summed E-state index contributed by atoms with van der Waals surface area (Å²) in [5.41, 5.74) is 5.80. The molecule has 0 aliphatic rings. The molecule has 1 aromatic carbocycles. The molecule has 0 saturated carbocycles. The molecule has 106 valence electrons. The second-order valence-electron chi connectivity index (χ2n) is 3.95. The number of benzene rings is 1. The van der Waals surface area contributed by atoms with Crippen molar-refractivity contribution < 1.29 is 17.5 Å². The van der Waals surface area contributed by atoms with Crippen LogP contribution in [0.3, 0.4) is 0 Å². The number of rotatable bonds is 7. The highest BCUT2D eigenvalue weighted by Gasteiger charge is 2.09. The fraction of sp³-hybridized carbons (Fsp3) is 0.417. The zero-order valence-electron chi connectivity index (χ0n) is 10.6. The van der Waals surface area contributed by atoms with Gasteiger partial charge in [-0.2, -0.15) is 0 Å². The van der Waals surface area contributed by atoms with Crippen LogP contribution in [-0.2, 0) is 9.84 Å². The number of nitrogens with two attached hydrogens (primary N) is 1. The Kier molecular flexibility index (Phi) is 5.68. The van der Waals surface area contributed by atoms with Crippen molar-refractivity contribution in [2.24, 2.45) is 5.73 Å². The average Bonchev–Trinajstić information content (AvgIpc) is 2.36. The molecule has 1 rings (SSSR count). The second-order valence-corrected chi connectivity index (χ2v) is 6.86. The Morgan fingerprint density at radius 1 is 1.47 bits per heavy atom. The standard InChI is InChI=1S/C12H16FNO3S2/c1-2-19(15,16)7-3-6-17-11-5-4-9(12(14)18)8-10(11)13/h4-5,8H,2-3,6-7H2,1H3,(H2,14,18). The van der Waals surface area contributed by atoms with Crippen molar-refractivity contribution in [2.75, 3.05) is 18.1 Å². The third-order valence-corrected chi connectivity index (χ3v) is 4.54. The smallest absolute Gasteiger partial charge is 0.165 e. The largest absolute Gasteiger partial charge is 0.490 e. The van der Waals surface area contributed by atoms with Gasteiger partial charge in [-0.3, -0.25) is 0 Å². The Bertz CT molecular complexity index is 558. The summed E-state index contributed by atoms with van der Waals surface area (Å²) in [6, 6.07) is 4.18. The predicted octanol–water partition coefficient (Wildman–Crippen LogP) is 1.66. The summed E-state index contributed by atoms with van der Waals surface area (Å²) in [4.78, 5) is 0.111. The molecule has 2 N–H and O–H groups in total. The topological polar surface area (TPSA) is 69.4 Å². The van der Waals surface area contributed by atoms with Gasteiger partial charge in [-0.05, 0) is 24.6 Å². The van der Waals surface area contributed by atoms with E-state index in [1.54, 1.807) is 13.0 Å². The van der Waals surface area contributed by atoms with E-state index in [9.17, 15) is 12.8 Å². The van der Waals surface area contributed by atoms with E-state index in [1.165, 1.54) is 12.1 Å². The molecular weight excluding hydrogens is 289 g/mol. The lowest BCUT2D eigenvalue weighted by Gasteiger charge is -2.08. The van der Waals surface area contributed by atoms with Gasteiger partial charge in [-0.1, -0.05) is 19.1 Å². The van der Waals surface area contributed by atoms with E-state index in [4.69, 9.17) is 22.7 Å². The molecule has 0 atom stereocenters. The molecule has 0 saturated heterocycles. The Hall–Kier alpha value is -1.21. The first kappa shape index (κ1) is 15.8. The first-order valence-corrected chi connectivity index (χ1v) is 8.01. The third kappa shape index (κ3) is 5.12. The Morgan fingerprint density at radius 3 is 2.68 bits per heavy atom. The number of halogens is 1. The van der Waals surface area contributed by atoms with Gasteiger partial charge in [0.05, 0.1) is 12.4 Å². The van der Waals surface area contributed by atoms with Gasteiger partial charge < -0.3 is 10.5 Å². The molecule has 0 amide bonds. The normalized spacial score (nSPS) is 11.3. The highest BCUT2D eigenvalue weighted by Crippen LogP contribution is 2.18. The van der Waals surface area contributed by atoms with Crippen LogP contribution in [-0.4, -0.2) is 31.5 Å². The van der Waals surface area contributed by atoms with E-state index >= 15 is 0 Å². The fourth-order valence-electron chi connectivity index (χ4n) is 1.38. The molecule has 7 heteroatoms. The zero-order chi connectivity index (χ0) is 14.5. The van der Waals surface area contributed by atoms with Gasteiger partial charge in [0.2, 0.25) is 0 Å². The summed E-state index contributed by atoms with van der Waals surface area (Å²) in [5.74, 6) is -0.363. The lowest BCUT2D eigenvalue weighted by atomic mass is 10.2. The number of hydrogen-bond donors (Lipinski definition) is 1. The van der Waals surface area contributed by atoms with E-state index < -0.39 is 15.7 Å². The number of sulfone groups is 1. The summed E-state index contributed by atoms with van der Waals surface area (Å²) < 4.78 is 41.2. The Morgan fingerprint density at radius 2 is 2.16 bits per heavy atom. The van der Waals surface area contributed by atoms with Crippen LogP contribution in [0.2, 0.25) is 0 Å². The van der Waals surface area contributed by atoms with Gasteiger partial charge in [0.1, 0.15) is 14.8 Å². The summed E-state index contributed by atoms with van der Waals surface area (Å²) in [6.45, 7) is 1.73. The highest BCUT2D eigenvalue weighted by molar-refractivity contribution is 7.91. The van der Waals surface area contributed by atoms with E-state index in [0.717, 1.165) is 0 Å². The van der Waals surface area contributed by atoms with E-state index in [1.807, 2.05) is 0 Å². The summed E-state index contributed by atoms with van der Waals surface area (Å²) in [6.07, 6.45) is 0.326. The molecule has 0 unspecified atom stereocenters. The summed E-state index contributed by atoms with van der Waals surface area (Å²) >= 11 is 4.73. The van der Waals surface area contributed by atoms with Crippen LogP contribution in [0.5, 0.6) is 5.75 Å². The van der Waals surface area contributed by atoms with Crippen LogP contribution in [0.1, 0.15) is 18.9 Å². The van der Waals surface area contributed by atoms with Crippen molar-refractivity contribution in [2.45, 2.75) is 13.3 Å². The number of ether oxygens (including phenoxy) is 1. The van der Waals surface area contributed by atoms with Crippen molar-refractivity contribution >= 4 is 27.0 Å². The van der Waals surface area contributed by atoms with Crippen LogP contribution in [0.4, 0.5) is 4.39 Å². The van der Waals surface area contributed by atoms with Crippen molar-refractivity contribution in [1.29, 1.82) is 0 Å². The quantitative estimate of drug-likeness (QED) is 0.613. The van der Waals surface area contributed by atoms with Gasteiger partial charge in [0.25, 0.3) is 0 Å². The molecule has 0 heterocycles. The van der Waals surface area contributed by atoms with Gasteiger partial charge in [0, 0.05) is 11.3 Å². The molecule has 1 aromatic rings. The fourth-order valence-corrected chi connectivity index (χ4v) is 2.35. The maximum atomic E-state index is 13.6. The number of hydrogen-bond acceptors (Lipinski definition) is 4. The van der Waals surface area contributed by atoms with Crippen molar-refractivity contribution in [3.8, 4) is 5.75 Å². The van der Waals surface area contributed by atoms with Crippen LogP contribution in [0.15, 0.2) is 18.2 Å². The Labute approximate surface area is 117 Å².